The number of nitrogens with zero attached hydrogens (tertiary/aromatic N) is 1. The lowest BCUT2D eigenvalue weighted by Crippen LogP contribution is -3.17. The molecule has 0 aromatic heterocycles. The Morgan fingerprint density at radius 1 is 1.23 bits per heavy atom. The van der Waals surface area contributed by atoms with E-state index in [-0.39, 0.29) is 5.91 Å². The molecule has 2 rings (SSSR count). The summed E-state index contributed by atoms with van der Waals surface area (Å²) in [6.45, 7) is 8.17. The van der Waals surface area contributed by atoms with Crippen LogP contribution in [-0.2, 0) is 0 Å². The second-order valence-electron chi connectivity index (χ2n) is 5.83. The molecule has 1 aromatic carbocycles. The van der Waals surface area contributed by atoms with Gasteiger partial charge in [-0.2, -0.15) is 0 Å². The number of quaternary nitrogens is 1. The van der Waals surface area contributed by atoms with Crippen LogP contribution in [0.25, 0.3) is 0 Å². The first kappa shape index (κ1) is 16.6. The van der Waals surface area contributed by atoms with Crippen molar-refractivity contribution in [3.05, 3.63) is 23.8 Å². The zero-order valence-electron chi connectivity index (χ0n) is 14.0. The quantitative estimate of drug-likeness (QED) is 0.877. The summed E-state index contributed by atoms with van der Waals surface area (Å²) in [5, 5.41) is 0. The summed E-state index contributed by atoms with van der Waals surface area (Å²) in [4.78, 5) is 16.2. The molecule has 5 nitrogen and oxygen atoms in total. The number of ether oxygens (including phenoxy) is 2. The van der Waals surface area contributed by atoms with Crippen LogP contribution in [0.2, 0.25) is 0 Å². The second-order valence-corrected chi connectivity index (χ2v) is 5.83. The summed E-state index contributed by atoms with van der Waals surface area (Å²) in [6.07, 6.45) is 1.18. The lowest BCUT2D eigenvalue weighted by atomic mass is 10.1. The molecule has 1 N–H and O–H groups in total. The van der Waals surface area contributed by atoms with Crippen LogP contribution in [0.3, 0.4) is 0 Å². The Bertz CT molecular complexity index is 511. The number of benzene rings is 1. The molecule has 0 radical (unpaired) electrons. The Morgan fingerprint density at radius 2 is 1.86 bits per heavy atom. The summed E-state index contributed by atoms with van der Waals surface area (Å²) in [6, 6.07) is 6.01. The van der Waals surface area contributed by atoms with Gasteiger partial charge in [-0.15, -0.1) is 0 Å². The smallest absolute Gasteiger partial charge is 0.254 e. The minimum absolute atomic E-state index is 0.0733. The number of carbonyl (C=O) groups is 1. The lowest BCUT2D eigenvalue weighted by molar-refractivity contribution is -0.927. The van der Waals surface area contributed by atoms with Gasteiger partial charge >= 0.3 is 0 Å². The van der Waals surface area contributed by atoms with E-state index in [1.807, 2.05) is 4.90 Å². The van der Waals surface area contributed by atoms with Crippen molar-refractivity contribution in [3.8, 4) is 11.5 Å². The first-order valence-electron chi connectivity index (χ1n) is 7.96. The molecule has 0 bridgehead atoms. The summed E-state index contributed by atoms with van der Waals surface area (Å²) >= 11 is 0. The van der Waals surface area contributed by atoms with Crippen molar-refractivity contribution in [2.45, 2.75) is 26.3 Å². The van der Waals surface area contributed by atoms with Crippen molar-refractivity contribution in [2.75, 3.05) is 40.4 Å². The Kier molecular flexibility index (Phi) is 5.66. The molecular weight excluding hydrogens is 280 g/mol. The predicted octanol–water partition coefficient (Wildman–Crippen LogP) is 0.843. The molecular formula is C17H27N2O3+. The highest BCUT2D eigenvalue weighted by Crippen LogP contribution is 2.28. The third-order valence-corrected chi connectivity index (χ3v) is 4.63. The van der Waals surface area contributed by atoms with Gasteiger partial charge in [0.05, 0.1) is 46.4 Å². The van der Waals surface area contributed by atoms with Gasteiger partial charge in [0.25, 0.3) is 5.91 Å². The van der Waals surface area contributed by atoms with E-state index >= 15 is 0 Å². The van der Waals surface area contributed by atoms with Gasteiger partial charge in [-0.25, -0.2) is 0 Å². The van der Waals surface area contributed by atoms with Gasteiger partial charge < -0.3 is 19.3 Å². The number of rotatable bonds is 5. The van der Waals surface area contributed by atoms with Crippen molar-refractivity contribution in [1.29, 1.82) is 0 Å². The molecule has 1 aromatic rings. The minimum Gasteiger partial charge on any atom is -0.493 e. The molecule has 0 saturated carbocycles. The maximum absolute atomic E-state index is 12.6. The third kappa shape index (κ3) is 3.53. The molecule has 122 valence electrons. The van der Waals surface area contributed by atoms with Crippen LogP contribution in [0.15, 0.2) is 18.2 Å². The van der Waals surface area contributed by atoms with E-state index in [1.54, 1.807) is 37.3 Å². The molecule has 0 spiro atoms. The molecule has 0 unspecified atom stereocenters. The molecule has 22 heavy (non-hydrogen) atoms. The number of nitrogens with one attached hydrogen (secondary N) is 1. The fourth-order valence-electron chi connectivity index (χ4n) is 2.93. The zero-order valence-corrected chi connectivity index (χ0v) is 14.0. The van der Waals surface area contributed by atoms with E-state index < -0.39 is 0 Å². The monoisotopic (exact) mass is 307 g/mol. The van der Waals surface area contributed by atoms with Gasteiger partial charge in [-0.3, -0.25) is 4.79 Å². The van der Waals surface area contributed by atoms with Crippen LogP contribution in [0.5, 0.6) is 11.5 Å². The molecule has 1 heterocycles. The predicted molar refractivity (Wildman–Crippen MR) is 85.9 cm³/mol. The molecule has 1 amide bonds. The Morgan fingerprint density at radius 3 is 2.41 bits per heavy atom. The molecule has 1 fully saturated rings. The van der Waals surface area contributed by atoms with E-state index in [2.05, 4.69) is 13.8 Å². The lowest BCUT2D eigenvalue weighted by Gasteiger charge is -2.35. The average Bonchev–Trinajstić information content (AvgIpc) is 2.59. The number of carbonyl (C=O) groups excluding carboxylic acids is 1. The molecule has 1 aliphatic heterocycles. The highest BCUT2D eigenvalue weighted by Gasteiger charge is 2.27. The van der Waals surface area contributed by atoms with Crippen molar-refractivity contribution in [2.24, 2.45) is 0 Å². The van der Waals surface area contributed by atoms with Crippen LogP contribution in [0.1, 0.15) is 30.6 Å². The van der Waals surface area contributed by atoms with Crippen molar-refractivity contribution < 1.29 is 19.2 Å². The SMILES string of the molecule is CC[C@H](C)[NH+]1CCN(C(=O)c2ccc(OC)c(OC)c2)CC1. The molecule has 0 aliphatic carbocycles. The Balaban J connectivity index is 2.04. The maximum atomic E-state index is 12.6. The normalized spacial score (nSPS) is 17.2. The van der Waals surface area contributed by atoms with Crippen LogP contribution in [0.4, 0.5) is 0 Å². The fraction of sp³-hybridized carbons (Fsp3) is 0.588. The average molecular weight is 307 g/mol. The largest absolute Gasteiger partial charge is 0.493 e. The first-order chi connectivity index (χ1) is 10.6. The van der Waals surface area contributed by atoms with E-state index in [9.17, 15) is 4.79 Å². The van der Waals surface area contributed by atoms with Crippen molar-refractivity contribution in [1.82, 2.24) is 4.90 Å². The number of amides is 1. The van der Waals surface area contributed by atoms with Gasteiger partial charge in [-0.1, -0.05) is 6.92 Å². The Labute approximate surface area is 132 Å². The van der Waals surface area contributed by atoms with Crippen LogP contribution < -0.4 is 14.4 Å². The van der Waals surface area contributed by atoms with Gasteiger partial charge in [0.2, 0.25) is 0 Å². The zero-order chi connectivity index (χ0) is 16.1. The van der Waals surface area contributed by atoms with E-state index in [0.29, 0.717) is 23.1 Å². The molecule has 1 atom stereocenters. The number of hydrogen-bond donors (Lipinski definition) is 1. The van der Waals surface area contributed by atoms with Gasteiger partial charge in [0.15, 0.2) is 11.5 Å². The van der Waals surface area contributed by atoms with Gasteiger partial charge in [0, 0.05) is 5.56 Å². The van der Waals surface area contributed by atoms with E-state index in [4.69, 9.17) is 9.47 Å². The minimum atomic E-state index is 0.0733. The number of methoxy groups -OCH3 is 2. The van der Waals surface area contributed by atoms with Crippen molar-refractivity contribution >= 4 is 5.91 Å². The van der Waals surface area contributed by atoms with Crippen molar-refractivity contribution in [3.63, 3.8) is 0 Å². The summed E-state index contributed by atoms with van der Waals surface area (Å²) < 4.78 is 10.5. The molecule has 5 heteroatoms. The standard InChI is InChI=1S/C17H26N2O3/c1-5-13(2)18-8-10-19(11-9-18)17(20)14-6-7-15(21-3)16(12-14)22-4/h6-7,12-13H,5,8-11H2,1-4H3/p+1/t13-/m0/s1. The third-order valence-electron chi connectivity index (χ3n) is 4.63. The molecule has 1 saturated heterocycles. The van der Waals surface area contributed by atoms with Crippen LogP contribution >= 0.6 is 0 Å². The second kappa shape index (κ2) is 7.49. The highest BCUT2D eigenvalue weighted by molar-refractivity contribution is 5.95. The maximum Gasteiger partial charge on any atom is 0.254 e. The van der Waals surface area contributed by atoms with E-state index in [0.717, 1.165) is 26.2 Å². The van der Waals surface area contributed by atoms with E-state index in [1.165, 1.54) is 6.42 Å². The van der Waals surface area contributed by atoms with Gasteiger partial charge in [-0.05, 0) is 31.5 Å². The first-order valence-corrected chi connectivity index (χ1v) is 7.96. The van der Waals surface area contributed by atoms with Gasteiger partial charge in [0.1, 0.15) is 0 Å². The number of hydrogen-bond acceptors (Lipinski definition) is 3. The summed E-state index contributed by atoms with van der Waals surface area (Å²) in [7, 11) is 3.18. The Hall–Kier alpha value is -1.75. The topological polar surface area (TPSA) is 43.2 Å². The summed E-state index contributed by atoms with van der Waals surface area (Å²) in [5.74, 6) is 1.31. The van der Waals surface area contributed by atoms with Crippen LogP contribution in [-0.4, -0.2) is 57.2 Å². The fourth-order valence-corrected chi connectivity index (χ4v) is 2.93. The number of piperazine rings is 1. The highest BCUT2D eigenvalue weighted by atomic mass is 16.5. The summed E-state index contributed by atoms with van der Waals surface area (Å²) in [5.41, 5.74) is 0.657. The van der Waals surface area contributed by atoms with Crippen LogP contribution in [0, 0.1) is 0 Å². The molecule has 1 aliphatic rings.